The topological polar surface area (TPSA) is 71.5 Å². The van der Waals surface area contributed by atoms with Crippen molar-refractivity contribution in [3.63, 3.8) is 0 Å². The lowest BCUT2D eigenvalue weighted by Crippen LogP contribution is -2.43. The highest BCUT2D eigenvalue weighted by Gasteiger charge is 2.35. The third-order valence-electron chi connectivity index (χ3n) is 4.87. The van der Waals surface area contributed by atoms with E-state index in [0.717, 1.165) is 23.2 Å². The number of nitrogens with one attached hydrogen (secondary N) is 1. The van der Waals surface area contributed by atoms with Crippen LogP contribution in [0.25, 0.3) is 11.3 Å². The number of anilines is 1. The first kappa shape index (κ1) is 20.4. The third-order valence-corrected chi connectivity index (χ3v) is 5.88. The van der Waals surface area contributed by atoms with Gasteiger partial charge in [0.05, 0.1) is 5.69 Å². The number of likely N-dealkylation sites (tertiary alicyclic amines) is 1. The van der Waals surface area contributed by atoms with Crippen LogP contribution in [0.4, 0.5) is 9.93 Å². The van der Waals surface area contributed by atoms with Crippen molar-refractivity contribution in [3.05, 3.63) is 70.6 Å². The summed E-state index contributed by atoms with van der Waals surface area (Å²) in [7, 11) is 0. The summed E-state index contributed by atoms with van der Waals surface area (Å²) in [5.74, 6) is -0.249. The van der Waals surface area contributed by atoms with Crippen molar-refractivity contribution < 1.29 is 14.3 Å². The number of benzene rings is 2. The molecule has 0 saturated carbocycles. The van der Waals surface area contributed by atoms with Crippen LogP contribution in [0.15, 0.2) is 60.0 Å². The molecular formula is C22H20ClN3O3S. The number of thiazole rings is 1. The molecule has 6 nitrogen and oxygen atoms in total. The molecule has 1 aliphatic heterocycles. The maximum Gasteiger partial charge on any atom is 0.410 e. The maximum atomic E-state index is 12.8. The van der Waals surface area contributed by atoms with Crippen LogP contribution in [0.1, 0.15) is 18.4 Å². The average Bonchev–Trinajstić information content (AvgIpc) is 3.43. The molecule has 8 heteroatoms. The SMILES string of the molecule is O=C(Nc1nc(-c2ccc(Cl)cc2)cs1)C1CCCN1C(=O)OCc1ccccc1. The van der Waals surface area contributed by atoms with E-state index >= 15 is 0 Å². The number of hydrogen-bond donors (Lipinski definition) is 1. The molecule has 2 heterocycles. The van der Waals surface area contributed by atoms with Gasteiger partial charge in [-0.2, -0.15) is 0 Å². The van der Waals surface area contributed by atoms with E-state index in [9.17, 15) is 9.59 Å². The standard InChI is InChI=1S/C22H20ClN3O3S/c23-17-10-8-16(9-11-17)18-14-30-21(24-18)25-20(27)19-7-4-12-26(19)22(28)29-13-15-5-2-1-3-6-15/h1-3,5-6,8-11,14,19H,4,7,12-13H2,(H,24,25,27). The Labute approximate surface area is 183 Å². The Bertz CT molecular complexity index is 1020. The van der Waals surface area contributed by atoms with Crippen LogP contribution in [0.2, 0.25) is 5.02 Å². The lowest BCUT2D eigenvalue weighted by molar-refractivity contribution is -0.120. The molecule has 0 radical (unpaired) electrons. The van der Waals surface area contributed by atoms with E-state index in [-0.39, 0.29) is 12.5 Å². The minimum Gasteiger partial charge on any atom is -0.445 e. The van der Waals surface area contributed by atoms with Crippen molar-refractivity contribution in [2.24, 2.45) is 0 Å². The van der Waals surface area contributed by atoms with Crippen molar-refractivity contribution in [3.8, 4) is 11.3 Å². The van der Waals surface area contributed by atoms with Gasteiger partial charge in [0.15, 0.2) is 5.13 Å². The number of nitrogens with zero attached hydrogens (tertiary/aromatic N) is 2. The Morgan fingerprint density at radius 2 is 1.93 bits per heavy atom. The number of amides is 2. The second-order valence-electron chi connectivity index (χ2n) is 6.93. The molecule has 1 unspecified atom stereocenters. The van der Waals surface area contributed by atoms with Gasteiger partial charge in [-0.1, -0.05) is 54.1 Å². The van der Waals surface area contributed by atoms with Crippen LogP contribution in [0.5, 0.6) is 0 Å². The molecule has 2 amide bonds. The van der Waals surface area contributed by atoms with Crippen molar-refractivity contribution in [2.45, 2.75) is 25.5 Å². The van der Waals surface area contributed by atoms with Crippen LogP contribution in [0.3, 0.4) is 0 Å². The van der Waals surface area contributed by atoms with Crippen LogP contribution in [-0.4, -0.2) is 34.5 Å². The van der Waals surface area contributed by atoms with Crippen molar-refractivity contribution in [1.82, 2.24) is 9.88 Å². The summed E-state index contributed by atoms with van der Waals surface area (Å²) in [5.41, 5.74) is 2.59. The molecule has 30 heavy (non-hydrogen) atoms. The first-order valence-electron chi connectivity index (χ1n) is 9.60. The van der Waals surface area contributed by atoms with Gasteiger partial charge in [0.1, 0.15) is 12.6 Å². The molecule has 1 aromatic heterocycles. The van der Waals surface area contributed by atoms with E-state index in [1.54, 1.807) is 12.1 Å². The lowest BCUT2D eigenvalue weighted by atomic mass is 10.2. The van der Waals surface area contributed by atoms with Crippen LogP contribution in [-0.2, 0) is 16.1 Å². The summed E-state index contributed by atoms with van der Waals surface area (Å²) >= 11 is 7.27. The number of aromatic nitrogens is 1. The van der Waals surface area contributed by atoms with Crippen LogP contribution in [0, 0.1) is 0 Å². The minimum absolute atomic E-state index is 0.182. The Kier molecular flexibility index (Phi) is 6.30. The molecule has 4 rings (SSSR count). The first-order valence-corrected chi connectivity index (χ1v) is 10.9. The van der Waals surface area contributed by atoms with Crippen molar-refractivity contribution in [1.29, 1.82) is 0 Å². The summed E-state index contributed by atoms with van der Waals surface area (Å²) in [6, 6.07) is 16.3. The van der Waals surface area contributed by atoms with Gasteiger partial charge in [0, 0.05) is 22.5 Å². The smallest absolute Gasteiger partial charge is 0.410 e. The fourth-order valence-corrected chi connectivity index (χ4v) is 4.18. The van der Waals surface area contributed by atoms with E-state index in [4.69, 9.17) is 16.3 Å². The summed E-state index contributed by atoms with van der Waals surface area (Å²) in [6.07, 6.45) is 0.881. The Balaban J connectivity index is 1.36. The van der Waals surface area contributed by atoms with Crippen LogP contribution < -0.4 is 5.32 Å². The predicted molar refractivity (Wildman–Crippen MR) is 118 cm³/mol. The number of ether oxygens (including phenoxy) is 1. The number of carbonyl (C=O) groups excluding carboxylic acids is 2. The van der Waals surface area contributed by atoms with Gasteiger partial charge in [0.25, 0.3) is 0 Å². The fourth-order valence-electron chi connectivity index (χ4n) is 3.33. The maximum absolute atomic E-state index is 12.8. The van der Waals surface area contributed by atoms with Gasteiger partial charge < -0.3 is 10.1 Å². The normalized spacial score (nSPS) is 15.8. The third kappa shape index (κ3) is 4.80. The highest BCUT2D eigenvalue weighted by atomic mass is 35.5. The van der Waals surface area contributed by atoms with E-state index < -0.39 is 12.1 Å². The van der Waals surface area contributed by atoms with E-state index in [0.29, 0.717) is 23.1 Å². The van der Waals surface area contributed by atoms with Crippen molar-refractivity contribution >= 4 is 40.1 Å². The van der Waals surface area contributed by atoms with E-state index in [1.165, 1.54) is 16.2 Å². The van der Waals surface area contributed by atoms with Crippen LogP contribution >= 0.6 is 22.9 Å². The summed E-state index contributed by atoms with van der Waals surface area (Å²) in [5, 5.41) is 5.86. The average molecular weight is 442 g/mol. The van der Waals surface area contributed by atoms with Gasteiger partial charge in [0.2, 0.25) is 5.91 Å². The second-order valence-corrected chi connectivity index (χ2v) is 8.22. The monoisotopic (exact) mass is 441 g/mol. The molecule has 2 aromatic carbocycles. The molecule has 1 saturated heterocycles. The Morgan fingerprint density at radius 3 is 2.70 bits per heavy atom. The molecule has 1 fully saturated rings. The van der Waals surface area contributed by atoms with Gasteiger partial charge >= 0.3 is 6.09 Å². The molecule has 0 bridgehead atoms. The molecule has 3 aromatic rings. The highest BCUT2D eigenvalue weighted by Crippen LogP contribution is 2.27. The number of halogens is 1. The molecule has 0 aliphatic carbocycles. The van der Waals surface area contributed by atoms with E-state index in [1.807, 2.05) is 47.8 Å². The summed E-state index contributed by atoms with van der Waals surface area (Å²) in [6.45, 7) is 0.682. The predicted octanol–water partition coefficient (Wildman–Crippen LogP) is 5.20. The van der Waals surface area contributed by atoms with Gasteiger partial charge in [-0.05, 0) is 30.5 Å². The van der Waals surface area contributed by atoms with E-state index in [2.05, 4.69) is 10.3 Å². The summed E-state index contributed by atoms with van der Waals surface area (Å²) in [4.78, 5) is 31.3. The number of carbonyl (C=O) groups is 2. The Hall–Kier alpha value is -2.90. The van der Waals surface area contributed by atoms with Crippen molar-refractivity contribution in [2.75, 3.05) is 11.9 Å². The minimum atomic E-state index is -0.559. The second kappa shape index (κ2) is 9.28. The number of hydrogen-bond acceptors (Lipinski definition) is 5. The fraction of sp³-hybridized carbons (Fsp3) is 0.227. The van der Waals surface area contributed by atoms with Gasteiger partial charge in [-0.3, -0.25) is 9.69 Å². The number of rotatable bonds is 5. The molecule has 1 atom stereocenters. The lowest BCUT2D eigenvalue weighted by Gasteiger charge is -2.22. The highest BCUT2D eigenvalue weighted by molar-refractivity contribution is 7.14. The largest absolute Gasteiger partial charge is 0.445 e. The summed E-state index contributed by atoms with van der Waals surface area (Å²) < 4.78 is 5.40. The molecule has 1 N–H and O–H groups in total. The molecular weight excluding hydrogens is 422 g/mol. The quantitative estimate of drug-likeness (QED) is 0.590. The first-order chi connectivity index (χ1) is 14.6. The molecule has 1 aliphatic rings. The van der Waals surface area contributed by atoms with Gasteiger partial charge in [-0.25, -0.2) is 9.78 Å². The zero-order valence-electron chi connectivity index (χ0n) is 16.1. The Morgan fingerprint density at radius 1 is 1.17 bits per heavy atom. The molecule has 154 valence electrons. The zero-order valence-corrected chi connectivity index (χ0v) is 17.7. The molecule has 0 spiro atoms. The van der Waals surface area contributed by atoms with Gasteiger partial charge in [-0.15, -0.1) is 11.3 Å². The zero-order chi connectivity index (χ0) is 20.9.